The lowest BCUT2D eigenvalue weighted by atomic mass is 10.2. The van der Waals surface area contributed by atoms with Crippen molar-refractivity contribution < 1.29 is 9.53 Å². The zero-order chi connectivity index (χ0) is 18.1. The van der Waals surface area contributed by atoms with E-state index >= 15 is 0 Å². The predicted octanol–water partition coefficient (Wildman–Crippen LogP) is 4.86. The summed E-state index contributed by atoms with van der Waals surface area (Å²) in [4.78, 5) is 12.3. The van der Waals surface area contributed by atoms with Gasteiger partial charge in [-0.15, -0.1) is 0 Å². The molecule has 0 aliphatic carbocycles. The molecule has 5 heteroatoms. The molecule has 0 saturated heterocycles. The fourth-order valence-corrected chi connectivity index (χ4v) is 3.35. The zero-order valence-electron chi connectivity index (χ0n) is 14.6. The van der Waals surface area contributed by atoms with Gasteiger partial charge in [-0.2, -0.15) is 11.8 Å². The summed E-state index contributed by atoms with van der Waals surface area (Å²) in [5.41, 5.74) is 2.58. The molecule has 0 aromatic heterocycles. The van der Waals surface area contributed by atoms with Crippen molar-refractivity contribution in [3.05, 3.63) is 64.7 Å². The van der Waals surface area contributed by atoms with Crippen molar-refractivity contribution in [1.82, 2.24) is 5.32 Å². The number of hydrogen-bond acceptors (Lipinski definition) is 3. The molecular weight excluding hydrogens is 354 g/mol. The van der Waals surface area contributed by atoms with Gasteiger partial charge in [0.25, 0.3) is 5.91 Å². The monoisotopic (exact) mass is 377 g/mol. The highest BCUT2D eigenvalue weighted by atomic mass is 35.5. The predicted molar refractivity (Wildman–Crippen MR) is 107 cm³/mol. The van der Waals surface area contributed by atoms with Crippen molar-refractivity contribution in [2.45, 2.75) is 32.1 Å². The molecule has 0 radical (unpaired) electrons. The maximum Gasteiger partial charge on any atom is 0.261 e. The van der Waals surface area contributed by atoms with Gasteiger partial charge in [-0.3, -0.25) is 4.79 Å². The first-order valence-corrected chi connectivity index (χ1v) is 9.95. The van der Waals surface area contributed by atoms with Gasteiger partial charge in [0.1, 0.15) is 5.75 Å². The van der Waals surface area contributed by atoms with E-state index in [1.54, 1.807) is 23.9 Å². The molecule has 2 aromatic carbocycles. The molecule has 0 bridgehead atoms. The van der Waals surface area contributed by atoms with Crippen LogP contribution in [0.3, 0.4) is 0 Å². The van der Waals surface area contributed by atoms with Crippen LogP contribution in [0.4, 0.5) is 0 Å². The summed E-state index contributed by atoms with van der Waals surface area (Å²) in [6.45, 7) is 4.64. The molecule has 134 valence electrons. The molecule has 0 saturated carbocycles. The van der Waals surface area contributed by atoms with E-state index in [1.807, 2.05) is 19.1 Å². The standard InChI is InChI=1S/C20H24ClNO2S/c1-3-18(24-19-10-5-4-9-17(19)21)20(23)22-11-12-25-14-16-8-6-7-15(2)13-16/h4-10,13,18H,3,11-12,14H2,1-2H3,(H,22,23)/t18-/m1/s1. The largest absolute Gasteiger partial charge is 0.479 e. The second kappa shape index (κ2) is 10.4. The van der Waals surface area contributed by atoms with Crippen LogP contribution in [0.25, 0.3) is 0 Å². The molecule has 1 amide bonds. The van der Waals surface area contributed by atoms with E-state index in [0.29, 0.717) is 23.7 Å². The summed E-state index contributed by atoms with van der Waals surface area (Å²) in [6.07, 6.45) is 0.0645. The molecule has 3 nitrogen and oxygen atoms in total. The third kappa shape index (κ3) is 6.63. The highest BCUT2D eigenvalue weighted by Gasteiger charge is 2.18. The summed E-state index contributed by atoms with van der Waals surface area (Å²) in [5.74, 6) is 2.26. The minimum absolute atomic E-state index is 0.0985. The fourth-order valence-electron chi connectivity index (χ4n) is 2.37. The van der Waals surface area contributed by atoms with Crippen LogP contribution in [0.15, 0.2) is 48.5 Å². The highest BCUT2D eigenvalue weighted by Crippen LogP contribution is 2.24. The maximum absolute atomic E-state index is 12.3. The molecule has 2 aromatic rings. The van der Waals surface area contributed by atoms with E-state index in [9.17, 15) is 4.79 Å². The van der Waals surface area contributed by atoms with Crippen molar-refractivity contribution >= 4 is 29.3 Å². The van der Waals surface area contributed by atoms with Gasteiger partial charge >= 0.3 is 0 Å². The molecular formula is C20H24ClNO2S. The Bertz CT molecular complexity index is 693. The second-order valence-electron chi connectivity index (χ2n) is 5.78. The lowest BCUT2D eigenvalue weighted by Gasteiger charge is -2.18. The summed E-state index contributed by atoms with van der Waals surface area (Å²) >= 11 is 7.89. The minimum Gasteiger partial charge on any atom is -0.479 e. The first-order valence-electron chi connectivity index (χ1n) is 8.42. The van der Waals surface area contributed by atoms with Crippen LogP contribution >= 0.6 is 23.4 Å². The van der Waals surface area contributed by atoms with E-state index < -0.39 is 6.10 Å². The lowest BCUT2D eigenvalue weighted by Crippen LogP contribution is -2.39. The highest BCUT2D eigenvalue weighted by molar-refractivity contribution is 7.98. The minimum atomic E-state index is -0.526. The van der Waals surface area contributed by atoms with Crippen molar-refractivity contribution in [3.63, 3.8) is 0 Å². The molecule has 0 unspecified atom stereocenters. The van der Waals surface area contributed by atoms with Crippen LogP contribution in [0.1, 0.15) is 24.5 Å². The zero-order valence-corrected chi connectivity index (χ0v) is 16.2. The number of para-hydroxylation sites is 1. The fraction of sp³-hybridized carbons (Fsp3) is 0.350. The Morgan fingerprint density at radius 3 is 2.76 bits per heavy atom. The molecule has 0 aliphatic heterocycles. The van der Waals surface area contributed by atoms with Crippen LogP contribution in [-0.4, -0.2) is 24.3 Å². The third-order valence-electron chi connectivity index (χ3n) is 3.67. The quantitative estimate of drug-likeness (QED) is 0.634. The molecule has 0 heterocycles. The van der Waals surface area contributed by atoms with Crippen molar-refractivity contribution in [1.29, 1.82) is 0 Å². The van der Waals surface area contributed by atoms with E-state index in [-0.39, 0.29) is 5.91 Å². The van der Waals surface area contributed by atoms with Crippen molar-refractivity contribution in [3.8, 4) is 5.75 Å². The summed E-state index contributed by atoms with van der Waals surface area (Å²) in [5, 5.41) is 3.46. The SMILES string of the molecule is CC[C@@H](Oc1ccccc1Cl)C(=O)NCCSCc1cccc(C)c1. The topological polar surface area (TPSA) is 38.3 Å². The van der Waals surface area contributed by atoms with Crippen molar-refractivity contribution in [2.24, 2.45) is 0 Å². The Balaban J connectivity index is 1.72. The molecule has 1 N–H and O–H groups in total. The number of aryl methyl sites for hydroxylation is 1. The number of carbonyl (C=O) groups is 1. The van der Waals surface area contributed by atoms with Gasteiger partial charge in [-0.05, 0) is 31.0 Å². The van der Waals surface area contributed by atoms with Crippen LogP contribution < -0.4 is 10.1 Å². The van der Waals surface area contributed by atoms with E-state index in [1.165, 1.54) is 11.1 Å². The van der Waals surface area contributed by atoms with Gasteiger partial charge in [0.05, 0.1) is 5.02 Å². The number of thioether (sulfide) groups is 1. The number of hydrogen-bond donors (Lipinski definition) is 1. The van der Waals surface area contributed by atoms with Gasteiger partial charge in [0.15, 0.2) is 6.10 Å². The van der Waals surface area contributed by atoms with Gasteiger partial charge in [0.2, 0.25) is 0 Å². The number of benzene rings is 2. The average Bonchev–Trinajstić information content (AvgIpc) is 2.60. The van der Waals surface area contributed by atoms with E-state index in [2.05, 4.69) is 36.5 Å². The van der Waals surface area contributed by atoms with Gasteiger partial charge in [-0.1, -0.05) is 60.5 Å². The summed E-state index contributed by atoms with van der Waals surface area (Å²) in [7, 11) is 0. The number of amides is 1. The number of halogens is 1. The third-order valence-corrected chi connectivity index (χ3v) is 5.01. The molecule has 0 aliphatic rings. The normalized spacial score (nSPS) is 11.8. The first-order chi connectivity index (χ1) is 12.1. The van der Waals surface area contributed by atoms with Crippen LogP contribution in [0.2, 0.25) is 5.02 Å². The second-order valence-corrected chi connectivity index (χ2v) is 7.29. The van der Waals surface area contributed by atoms with Crippen LogP contribution in [0, 0.1) is 6.92 Å². The first kappa shape index (κ1) is 19.7. The van der Waals surface area contributed by atoms with Gasteiger partial charge in [-0.25, -0.2) is 0 Å². The van der Waals surface area contributed by atoms with Crippen LogP contribution in [0.5, 0.6) is 5.75 Å². The van der Waals surface area contributed by atoms with E-state index in [4.69, 9.17) is 16.3 Å². The number of nitrogens with one attached hydrogen (secondary N) is 1. The van der Waals surface area contributed by atoms with E-state index in [0.717, 1.165) is 11.5 Å². The Labute approximate surface area is 159 Å². The lowest BCUT2D eigenvalue weighted by molar-refractivity contribution is -0.127. The van der Waals surface area contributed by atoms with Crippen molar-refractivity contribution in [2.75, 3.05) is 12.3 Å². The average molecular weight is 378 g/mol. The number of rotatable bonds is 9. The number of carbonyl (C=O) groups excluding carboxylic acids is 1. The maximum atomic E-state index is 12.3. The Morgan fingerprint density at radius 1 is 1.24 bits per heavy atom. The van der Waals surface area contributed by atoms with Gasteiger partial charge in [0, 0.05) is 18.1 Å². The summed E-state index contributed by atoms with van der Waals surface area (Å²) in [6, 6.07) is 15.7. The molecule has 2 rings (SSSR count). The molecule has 1 atom stereocenters. The molecule has 25 heavy (non-hydrogen) atoms. The Kier molecular flexibility index (Phi) is 8.16. The smallest absolute Gasteiger partial charge is 0.261 e. The Morgan fingerprint density at radius 2 is 2.04 bits per heavy atom. The van der Waals surface area contributed by atoms with Gasteiger partial charge < -0.3 is 10.1 Å². The Hall–Kier alpha value is -1.65. The molecule has 0 fully saturated rings. The summed E-state index contributed by atoms with van der Waals surface area (Å²) < 4.78 is 5.74. The molecule has 0 spiro atoms. The number of ether oxygens (including phenoxy) is 1. The van der Waals surface area contributed by atoms with Crippen LogP contribution in [-0.2, 0) is 10.5 Å².